The minimum absolute atomic E-state index is 0.367. The second-order valence-electron chi connectivity index (χ2n) is 7.66. The maximum atomic E-state index is 3.59. The predicted molar refractivity (Wildman–Crippen MR) is 117 cm³/mol. The molecular formula is C26H30N2. The first-order chi connectivity index (χ1) is 13.9. The van der Waals surface area contributed by atoms with Gasteiger partial charge in [-0.15, -0.1) is 0 Å². The monoisotopic (exact) mass is 370 g/mol. The molecule has 3 aromatic carbocycles. The SMILES string of the molecule is c1ccc(C2CCCCN2)cc1.c1ccc([C@@H]2NCCc3ccccc32)cc1. The number of benzene rings is 3. The molecule has 2 heteroatoms. The van der Waals surface area contributed by atoms with Gasteiger partial charge in [-0.3, -0.25) is 0 Å². The van der Waals surface area contributed by atoms with Gasteiger partial charge in [-0.2, -0.15) is 0 Å². The van der Waals surface area contributed by atoms with E-state index in [9.17, 15) is 0 Å². The zero-order valence-electron chi connectivity index (χ0n) is 16.5. The molecular weight excluding hydrogens is 340 g/mol. The summed E-state index contributed by atoms with van der Waals surface area (Å²) in [5.74, 6) is 0. The van der Waals surface area contributed by atoms with Crippen molar-refractivity contribution in [1.29, 1.82) is 0 Å². The first kappa shape index (κ1) is 18.9. The fourth-order valence-electron chi connectivity index (χ4n) is 4.27. The summed E-state index contributed by atoms with van der Waals surface area (Å²) in [6, 6.07) is 31.1. The molecule has 0 aromatic heterocycles. The molecule has 0 saturated carbocycles. The molecule has 0 amide bonds. The molecule has 0 bridgehead atoms. The first-order valence-electron chi connectivity index (χ1n) is 10.6. The minimum atomic E-state index is 0.367. The van der Waals surface area contributed by atoms with Gasteiger partial charge in [0.05, 0.1) is 6.04 Å². The van der Waals surface area contributed by atoms with E-state index < -0.39 is 0 Å². The van der Waals surface area contributed by atoms with Gasteiger partial charge in [-0.05, 0) is 48.1 Å². The molecule has 0 aliphatic carbocycles. The van der Waals surface area contributed by atoms with E-state index in [4.69, 9.17) is 0 Å². The summed E-state index contributed by atoms with van der Waals surface area (Å²) in [6.45, 7) is 2.25. The van der Waals surface area contributed by atoms with Gasteiger partial charge < -0.3 is 10.6 Å². The van der Waals surface area contributed by atoms with Crippen LogP contribution in [0.1, 0.15) is 53.6 Å². The molecule has 2 heterocycles. The van der Waals surface area contributed by atoms with Crippen molar-refractivity contribution in [2.24, 2.45) is 0 Å². The Kier molecular flexibility index (Phi) is 6.54. The molecule has 2 N–H and O–H groups in total. The van der Waals surface area contributed by atoms with Crippen LogP contribution < -0.4 is 10.6 Å². The molecule has 144 valence electrons. The topological polar surface area (TPSA) is 24.1 Å². The minimum Gasteiger partial charge on any atom is -0.310 e. The third-order valence-corrected chi connectivity index (χ3v) is 5.75. The second kappa shape index (κ2) is 9.68. The van der Waals surface area contributed by atoms with Crippen LogP contribution in [-0.2, 0) is 6.42 Å². The normalized spacial score (nSPS) is 21.1. The summed E-state index contributed by atoms with van der Waals surface area (Å²) in [5, 5.41) is 7.13. The van der Waals surface area contributed by atoms with Crippen molar-refractivity contribution in [3.63, 3.8) is 0 Å². The molecule has 3 aromatic rings. The lowest BCUT2D eigenvalue weighted by molar-refractivity contribution is 0.412. The molecule has 2 nitrogen and oxygen atoms in total. The summed E-state index contributed by atoms with van der Waals surface area (Å²) in [6.07, 6.45) is 5.14. The maximum Gasteiger partial charge on any atom is 0.0579 e. The number of hydrogen-bond donors (Lipinski definition) is 2. The summed E-state index contributed by atoms with van der Waals surface area (Å²) in [5.41, 5.74) is 5.71. The highest BCUT2D eigenvalue weighted by Crippen LogP contribution is 2.28. The third kappa shape index (κ3) is 4.70. The van der Waals surface area contributed by atoms with Crippen LogP contribution in [0.15, 0.2) is 84.9 Å². The average Bonchev–Trinajstić information content (AvgIpc) is 2.81. The quantitative estimate of drug-likeness (QED) is 0.629. The standard InChI is InChI=1S/C15H15N.C11H15N/c1-2-7-13(8-3-1)15-14-9-5-4-6-12(14)10-11-16-15;1-2-6-10(7-3-1)11-8-4-5-9-12-11/h1-9,15-16H,10-11H2;1-3,6-7,11-12H,4-5,8-9H2/t15-;/m0./s1. The van der Waals surface area contributed by atoms with E-state index >= 15 is 0 Å². The Balaban J connectivity index is 0.000000143. The predicted octanol–water partition coefficient (Wildman–Crippen LogP) is 5.42. The molecule has 2 aliphatic rings. The van der Waals surface area contributed by atoms with Gasteiger partial charge in [0, 0.05) is 12.6 Å². The Morgan fingerprint density at radius 2 is 1.29 bits per heavy atom. The van der Waals surface area contributed by atoms with Gasteiger partial charge in [-0.25, -0.2) is 0 Å². The molecule has 5 rings (SSSR count). The van der Waals surface area contributed by atoms with Crippen LogP contribution >= 0.6 is 0 Å². The van der Waals surface area contributed by atoms with E-state index in [1.54, 1.807) is 0 Å². The van der Waals surface area contributed by atoms with Gasteiger partial charge >= 0.3 is 0 Å². The summed E-state index contributed by atoms with van der Waals surface area (Å²) in [4.78, 5) is 0. The van der Waals surface area contributed by atoms with E-state index in [1.165, 1.54) is 48.1 Å². The first-order valence-corrected chi connectivity index (χ1v) is 10.6. The van der Waals surface area contributed by atoms with E-state index in [0.29, 0.717) is 12.1 Å². The summed E-state index contributed by atoms with van der Waals surface area (Å²) in [7, 11) is 0. The van der Waals surface area contributed by atoms with Crippen LogP contribution in [0.25, 0.3) is 0 Å². The van der Waals surface area contributed by atoms with Gasteiger partial charge in [0.25, 0.3) is 0 Å². The van der Waals surface area contributed by atoms with Crippen molar-refractivity contribution in [2.45, 2.75) is 37.8 Å². The Morgan fingerprint density at radius 1 is 0.607 bits per heavy atom. The highest BCUT2D eigenvalue weighted by molar-refractivity contribution is 5.39. The van der Waals surface area contributed by atoms with E-state index in [1.807, 2.05) is 0 Å². The molecule has 1 fully saturated rings. The van der Waals surface area contributed by atoms with Gasteiger partial charge in [0.2, 0.25) is 0 Å². The van der Waals surface area contributed by atoms with Crippen LogP contribution in [0.2, 0.25) is 0 Å². The number of rotatable bonds is 2. The number of fused-ring (bicyclic) bond motifs is 1. The lowest BCUT2D eigenvalue weighted by atomic mass is 9.90. The highest BCUT2D eigenvalue weighted by atomic mass is 14.9. The second-order valence-corrected chi connectivity index (χ2v) is 7.66. The van der Waals surface area contributed by atoms with Gasteiger partial charge in [0.1, 0.15) is 0 Å². The maximum absolute atomic E-state index is 3.59. The summed E-state index contributed by atoms with van der Waals surface area (Å²) < 4.78 is 0. The van der Waals surface area contributed by atoms with E-state index in [0.717, 1.165) is 13.0 Å². The highest BCUT2D eigenvalue weighted by Gasteiger charge is 2.20. The Labute approximate surface area is 169 Å². The van der Waals surface area contributed by atoms with Crippen molar-refractivity contribution in [3.05, 3.63) is 107 Å². The van der Waals surface area contributed by atoms with Crippen LogP contribution in [0.3, 0.4) is 0 Å². The molecule has 1 unspecified atom stereocenters. The zero-order chi connectivity index (χ0) is 19.0. The smallest absolute Gasteiger partial charge is 0.0579 e. The molecule has 2 aliphatic heterocycles. The van der Waals surface area contributed by atoms with Gasteiger partial charge in [-0.1, -0.05) is 91.3 Å². The largest absolute Gasteiger partial charge is 0.310 e. The lowest BCUT2D eigenvalue weighted by Gasteiger charge is -2.27. The van der Waals surface area contributed by atoms with Crippen molar-refractivity contribution in [2.75, 3.05) is 13.1 Å². The van der Waals surface area contributed by atoms with Gasteiger partial charge in [0.15, 0.2) is 0 Å². The third-order valence-electron chi connectivity index (χ3n) is 5.75. The fraction of sp³-hybridized carbons (Fsp3) is 0.308. The van der Waals surface area contributed by atoms with Crippen LogP contribution in [0.4, 0.5) is 0 Å². The lowest BCUT2D eigenvalue weighted by Crippen LogP contribution is -2.30. The van der Waals surface area contributed by atoms with E-state index in [-0.39, 0.29) is 0 Å². The van der Waals surface area contributed by atoms with Crippen LogP contribution in [-0.4, -0.2) is 13.1 Å². The molecule has 0 spiro atoms. The van der Waals surface area contributed by atoms with Crippen molar-refractivity contribution < 1.29 is 0 Å². The molecule has 2 atom stereocenters. The molecule has 1 saturated heterocycles. The zero-order valence-corrected chi connectivity index (χ0v) is 16.5. The Morgan fingerprint density at radius 3 is 2.00 bits per heavy atom. The van der Waals surface area contributed by atoms with Crippen molar-refractivity contribution in [1.82, 2.24) is 10.6 Å². The Hall–Kier alpha value is -2.42. The van der Waals surface area contributed by atoms with E-state index in [2.05, 4.69) is 95.6 Å². The number of nitrogens with one attached hydrogen (secondary N) is 2. The van der Waals surface area contributed by atoms with Crippen molar-refractivity contribution in [3.8, 4) is 0 Å². The average molecular weight is 371 g/mol. The summed E-state index contributed by atoms with van der Waals surface area (Å²) >= 11 is 0. The molecule has 0 radical (unpaired) electrons. The van der Waals surface area contributed by atoms with Crippen LogP contribution in [0.5, 0.6) is 0 Å². The van der Waals surface area contributed by atoms with Crippen LogP contribution in [0, 0.1) is 0 Å². The number of piperidine rings is 1. The van der Waals surface area contributed by atoms with Crippen molar-refractivity contribution >= 4 is 0 Å². The molecule has 28 heavy (non-hydrogen) atoms. The number of hydrogen-bond acceptors (Lipinski definition) is 2. The fourth-order valence-corrected chi connectivity index (χ4v) is 4.27. The Bertz CT molecular complexity index is 839.